The molecule has 0 atom stereocenters. The van der Waals surface area contributed by atoms with Crippen LogP contribution in [0.25, 0.3) is 0 Å². The minimum absolute atomic E-state index is 0. The van der Waals surface area contributed by atoms with Crippen molar-refractivity contribution < 1.29 is 9.53 Å². The smallest absolute Gasteiger partial charge is 0.320 e. The van der Waals surface area contributed by atoms with Crippen molar-refractivity contribution in [2.75, 3.05) is 13.1 Å². The number of nitrogens with one attached hydrogen (secondary N) is 1. The average Bonchev–Trinajstić information content (AvgIpc) is 1.79. The third-order valence-electron chi connectivity index (χ3n) is 0.939. The van der Waals surface area contributed by atoms with Gasteiger partial charge in [0, 0.05) is 0 Å². The Balaban J connectivity index is 0. The highest BCUT2D eigenvalue weighted by atomic mass is 35.5. The van der Waals surface area contributed by atoms with Crippen LogP contribution < -0.4 is 5.32 Å². The molecular weight excluding hydrogens is 178 g/mol. The molecule has 0 rings (SSSR count). The second kappa shape index (κ2) is 6.26. The van der Waals surface area contributed by atoms with Gasteiger partial charge in [-0.1, -0.05) is 6.92 Å². The Morgan fingerprint density at radius 2 is 1.92 bits per heavy atom. The fraction of sp³-hybridized carbons (Fsp3) is 0.875. The zero-order chi connectivity index (χ0) is 8.91. The van der Waals surface area contributed by atoms with Gasteiger partial charge in [0.15, 0.2) is 0 Å². The molecule has 0 bridgehead atoms. The number of esters is 1. The van der Waals surface area contributed by atoms with Crippen molar-refractivity contribution in [1.82, 2.24) is 5.32 Å². The number of rotatable bonds is 3. The Kier molecular flexibility index (Phi) is 7.44. The van der Waals surface area contributed by atoms with Crippen LogP contribution in [0.3, 0.4) is 0 Å². The van der Waals surface area contributed by atoms with Gasteiger partial charge in [0.05, 0.1) is 6.54 Å². The Morgan fingerprint density at radius 1 is 1.42 bits per heavy atom. The predicted octanol–water partition coefficient (Wildman–Crippen LogP) is 1.36. The number of carbonyl (C=O) groups excluding carboxylic acids is 1. The van der Waals surface area contributed by atoms with Crippen LogP contribution >= 0.6 is 12.4 Å². The Bertz CT molecular complexity index is 132. The Hall–Kier alpha value is -0.280. The van der Waals surface area contributed by atoms with Crippen LogP contribution in [0.15, 0.2) is 0 Å². The maximum Gasteiger partial charge on any atom is 0.320 e. The van der Waals surface area contributed by atoms with Crippen LogP contribution in [0.5, 0.6) is 0 Å². The molecule has 0 aliphatic carbocycles. The van der Waals surface area contributed by atoms with Gasteiger partial charge in [0.2, 0.25) is 0 Å². The molecule has 0 amide bonds. The highest BCUT2D eigenvalue weighted by Gasteiger charge is 2.14. The number of hydrogen-bond donors (Lipinski definition) is 1. The SMILES string of the molecule is CCNCC(=O)OC(C)(C)C.Cl. The third kappa shape index (κ3) is 9.72. The number of halogens is 1. The normalized spacial score (nSPS) is 10.3. The lowest BCUT2D eigenvalue weighted by molar-refractivity contribution is -0.153. The topological polar surface area (TPSA) is 38.3 Å². The summed E-state index contributed by atoms with van der Waals surface area (Å²) in [5.41, 5.74) is -0.369. The lowest BCUT2D eigenvalue weighted by Crippen LogP contribution is -2.31. The molecule has 0 radical (unpaired) electrons. The van der Waals surface area contributed by atoms with E-state index in [9.17, 15) is 4.79 Å². The van der Waals surface area contributed by atoms with Crippen LogP contribution in [0.1, 0.15) is 27.7 Å². The minimum Gasteiger partial charge on any atom is -0.459 e. The maximum atomic E-state index is 10.9. The van der Waals surface area contributed by atoms with Crippen LogP contribution in [0.2, 0.25) is 0 Å². The molecule has 0 spiro atoms. The summed E-state index contributed by atoms with van der Waals surface area (Å²) in [5.74, 6) is -0.195. The van der Waals surface area contributed by atoms with Gasteiger partial charge in [0.1, 0.15) is 5.60 Å². The van der Waals surface area contributed by atoms with Crippen molar-refractivity contribution in [3.8, 4) is 0 Å². The van der Waals surface area contributed by atoms with E-state index in [2.05, 4.69) is 5.32 Å². The van der Waals surface area contributed by atoms with Gasteiger partial charge < -0.3 is 10.1 Å². The summed E-state index contributed by atoms with van der Waals surface area (Å²) in [5, 5.41) is 2.90. The van der Waals surface area contributed by atoms with Crippen LogP contribution in [0.4, 0.5) is 0 Å². The van der Waals surface area contributed by atoms with Crippen LogP contribution in [-0.2, 0) is 9.53 Å². The van der Waals surface area contributed by atoms with E-state index < -0.39 is 0 Å². The quantitative estimate of drug-likeness (QED) is 0.692. The van der Waals surface area contributed by atoms with E-state index in [1.54, 1.807) is 0 Å². The lowest BCUT2D eigenvalue weighted by Gasteiger charge is -2.19. The van der Waals surface area contributed by atoms with Gasteiger partial charge >= 0.3 is 5.97 Å². The largest absolute Gasteiger partial charge is 0.459 e. The van der Waals surface area contributed by atoms with Crippen molar-refractivity contribution in [3.63, 3.8) is 0 Å². The predicted molar refractivity (Wildman–Crippen MR) is 51.6 cm³/mol. The summed E-state index contributed by atoms with van der Waals surface area (Å²) >= 11 is 0. The summed E-state index contributed by atoms with van der Waals surface area (Å²) in [7, 11) is 0. The number of likely N-dealkylation sites (N-methyl/N-ethyl adjacent to an activating group) is 1. The fourth-order valence-electron chi connectivity index (χ4n) is 0.605. The molecule has 0 saturated heterocycles. The minimum atomic E-state index is -0.369. The maximum absolute atomic E-state index is 10.9. The molecular formula is C8H18ClNO2. The van der Waals surface area contributed by atoms with Crippen molar-refractivity contribution in [3.05, 3.63) is 0 Å². The highest BCUT2D eigenvalue weighted by Crippen LogP contribution is 2.05. The Morgan fingerprint density at radius 3 is 2.25 bits per heavy atom. The summed E-state index contributed by atoms with van der Waals surface area (Å²) < 4.78 is 5.04. The van der Waals surface area contributed by atoms with E-state index in [4.69, 9.17) is 4.74 Å². The van der Waals surface area contributed by atoms with E-state index in [0.29, 0.717) is 6.54 Å². The van der Waals surface area contributed by atoms with Gasteiger partial charge in [0.25, 0.3) is 0 Å². The summed E-state index contributed by atoms with van der Waals surface area (Å²) in [6.07, 6.45) is 0. The van der Waals surface area contributed by atoms with Gasteiger partial charge in [-0.3, -0.25) is 4.79 Å². The first-order valence-corrected chi connectivity index (χ1v) is 3.88. The molecule has 1 N–H and O–H groups in total. The van der Waals surface area contributed by atoms with Crippen molar-refractivity contribution >= 4 is 18.4 Å². The molecule has 0 aliphatic rings. The van der Waals surface area contributed by atoms with E-state index in [0.717, 1.165) is 6.54 Å². The second-order valence-corrected chi connectivity index (χ2v) is 3.37. The first kappa shape index (κ1) is 14.3. The number of carbonyl (C=O) groups is 1. The second-order valence-electron chi connectivity index (χ2n) is 3.37. The first-order valence-electron chi connectivity index (χ1n) is 3.88. The van der Waals surface area contributed by atoms with E-state index in [1.807, 2.05) is 27.7 Å². The molecule has 0 saturated carbocycles. The summed E-state index contributed by atoms with van der Waals surface area (Å²) in [4.78, 5) is 10.9. The van der Waals surface area contributed by atoms with E-state index in [-0.39, 0.29) is 24.0 Å². The third-order valence-corrected chi connectivity index (χ3v) is 0.939. The standard InChI is InChI=1S/C8H17NO2.ClH/c1-5-9-6-7(10)11-8(2,3)4;/h9H,5-6H2,1-4H3;1H. The molecule has 0 heterocycles. The molecule has 0 aromatic rings. The van der Waals surface area contributed by atoms with Gasteiger partial charge in [-0.25, -0.2) is 0 Å². The van der Waals surface area contributed by atoms with Crippen LogP contribution in [-0.4, -0.2) is 24.7 Å². The van der Waals surface area contributed by atoms with Gasteiger partial charge in [-0.15, -0.1) is 12.4 Å². The van der Waals surface area contributed by atoms with Gasteiger partial charge in [-0.2, -0.15) is 0 Å². The van der Waals surface area contributed by atoms with Crippen LogP contribution in [0, 0.1) is 0 Å². The van der Waals surface area contributed by atoms with Crippen molar-refractivity contribution in [1.29, 1.82) is 0 Å². The monoisotopic (exact) mass is 195 g/mol. The molecule has 0 fully saturated rings. The average molecular weight is 196 g/mol. The lowest BCUT2D eigenvalue weighted by atomic mass is 10.2. The molecule has 12 heavy (non-hydrogen) atoms. The van der Waals surface area contributed by atoms with E-state index >= 15 is 0 Å². The zero-order valence-corrected chi connectivity index (χ0v) is 8.96. The molecule has 0 aromatic heterocycles. The molecule has 4 heteroatoms. The Labute approximate surface area is 80.3 Å². The molecule has 0 aliphatic heterocycles. The fourth-order valence-corrected chi connectivity index (χ4v) is 0.605. The van der Waals surface area contributed by atoms with E-state index in [1.165, 1.54) is 0 Å². The molecule has 0 unspecified atom stereocenters. The number of hydrogen-bond acceptors (Lipinski definition) is 3. The molecule has 74 valence electrons. The molecule has 0 aromatic carbocycles. The highest BCUT2D eigenvalue weighted by molar-refractivity contribution is 5.85. The zero-order valence-electron chi connectivity index (χ0n) is 8.14. The number of ether oxygens (including phenoxy) is 1. The first-order chi connectivity index (χ1) is 4.95. The van der Waals surface area contributed by atoms with Crippen molar-refractivity contribution in [2.24, 2.45) is 0 Å². The summed E-state index contributed by atoms with van der Waals surface area (Å²) in [6.45, 7) is 8.61. The molecule has 3 nitrogen and oxygen atoms in total. The summed E-state index contributed by atoms with van der Waals surface area (Å²) in [6, 6.07) is 0. The van der Waals surface area contributed by atoms with Crippen molar-refractivity contribution in [2.45, 2.75) is 33.3 Å². The van der Waals surface area contributed by atoms with Gasteiger partial charge in [-0.05, 0) is 27.3 Å².